The zero-order valence-corrected chi connectivity index (χ0v) is 6.78. The standard InChI is InChI=1S/C7H13N3O/c1-5-6(7(11)3-8)4-10(2)9-5/h4,7,11H,3,8H2,1-2H3/t7-/m1/s1. The molecule has 0 fully saturated rings. The average molecular weight is 155 g/mol. The number of aliphatic hydroxyl groups excluding tert-OH is 1. The van der Waals surface area contributed by atoms with Gasteiger partial charge in [-0.25, -0.2) is 0 Å². The van der Waals surface area contributed by atoms with Crippen molar-refractivity contribution in [2.75, 3.05) is 6.54 Å². The van der Waals surface area contributed by atoms with Crippen LogP contribution < -0.4 is 5.73 Å². The zero-order chi connectivity index (χ0) is 8.43. The molecule has 0 spiro atoms. The number of hydrogen-bond acceptors (Lipinski definition) is 3. The summed E-state index contributed by atoms with van der Waals surface area (Å²) >= 11 is 0. The average Bonchev–Trinajstić information content (AvgIpc) is 2.28. The van der Waals surface area contributed by atoms with E-state index < -0.39 is 6.10 Å². The Labute approximate surface area is 65.6 Å². The third-order valence-electron chi connectivity index (χ3n) is 1.63. The van der Waals surface area contributed by atoms with Gasteiger partial charge in [0.1, 0.15) is 0 Å². The summed E-state index contributed by atoms with van der Waals surface area (Å²) < 4.78 is 1.67. The van der Waals surface area contributed by atoms with E-state index in [9.17, 15) is 5.11 Å². The van der Waals surface area contributed by atoms with Crippen molar-refractivity contribution in [3.63, 3.8) is 0 Å². The fourth-order valence-corrected chi connectivity index (χ4v) is 1.07. The molecule has 1 rings (SSSR count). The van der Waals surface area contributed by atoms with Gasteiger partial charge >= 0.3 is 0 Å². The van der Waals surface area contributed by atoms with E-state index in [0.717, 1.165) is 11.3 Å². The molecule has 0 aliphatic rings. The van der Waals surface area contributed by atoms with Crippen LogP contribution in [0.4, 0.5) is 0 Å². The molecule has 4 heteroatoms. The second-order valence-corrected chi connectivity index (χ2v) is 2.60. The van der Waals surface area contributed by atoms with Gasteiger partial charge in [-0.15, -0.1) is 0 Å². The summed E-state index contributed by atoms with van der Waals surface area (Å²) in [5, 5.41) is 13.4. The van der Waals surface area contributed by atoms with Crippen LogP contribution in [-0.4, -0.2) is 21.4 Å². The molecule has 0 bridgehead atoms. The largest absolute Gasteiger partial charge is 0.387 e. The van der Waals surface area contributed by atoms with Gasteiger partial charge in [0.15, 0.2) is 0 Å². The summed E-state index contributed by atoms with van der Waals surface area (Å²) in [5.74, 6) is 0. The number of aliphatic hydroxyl groups is 1. The van der Waals surface area contributed by atoms with Crippen LogP contribution in [0, 0.1) is 6.92 Å². The molecular formula is C7H13N3O. The van der Waals surface area contributed by atoms with E-state index in [-0.39, 0.29) is 6.54 Å². The van der Waals surface area contributed by atoms with E-state index in [1.54, 1.807) is 10.9 Å². The maximum atomic E-state index is 9.35. The Balaban J connectivity index is 2.93. The molecule has 0 aromatic carbocycles. The van der Waals surface area contributed by atoms with Gasteiger partial charge in [-0.3, -0.25) is 4.68 Å². The predicted octanol–water partition coefficient (Wildman–Crippen LogP) is -0.279. The van der Waals surface area contributed by atoms with Crippen molar-refractivity contribution in [2.24, 2.45) is 12.8 Å². The summed E-state index contributed by atoms with van der Waals surface area (Å²) in [7, 11) is 1.82. The van der Waals surface area contributed by atoms with Crippen LogP contribution in [0.2, 0.25) is 0 Å². The Hall–Kier alpha value is -0.870. The van der Waals surface area contributed by atoms with Gasteiger partial charge in [0.2, 0.25) is 0 Å². The first kappa shape index (κ1) is 8.23. The van der Waals surface area contributed by atoms with Crippen molar-refractivity contribution < 1.29 is 5.11 Å². The number of rotatable bonds is 2. The maximum absolute atomic E-state index is 9.35. The summed E-state index contributed by atoms with van der Waals surface area (Å²) in [6.07, 6.45) is 1.20. The molecule has 0 radical (unpaired) electrons. The van der Waals surface area contributed by atoms with Crippen LogP contribution in [0.5, 0.6) is 0 Å². The first-order chi connectivity index (χ1) is 5.15. The van der Waals surface area contributed by atoms with E-state index in [1.165, 1.54) is 0 Å². The molecule has 1 heterocycles. The number of aromatic nitrogens is 2. The van der Waals surface area contributed by atoms with E-state index >= 15 is 0 Å². The molecule has 1 atom stereocenters. The molecule has 0 unspecified atom stereocenters. The molecular weight excluding hydrogens is 142 g/mol. The molecule has 0 saturated heterocycles. The highest BCUT2D eigenvalue weighted by atomic mass is 16.3. The van der Waals surface area contributed by atoms with Crippen molar-refractivity contribution >= 4 is 0 Å². The Morgan fingerprint density at radius 1 is 1.82 bits per heavy atom. The van der Waals surface area contributed by atoms with Crippen molar-refractivity contribution in [2.45, 2.75) is 13.0 Å². The highest BCUT2D eigenvalue weighted by Gasteiger charge is 2.10. The van der Waals surface area contributed by atoms with Crippen molar-refractivity contribution in [3.05, 3.63) is 17.5 Å². The zero-order valence-electron chi connectivity index (χ0n) is 6.78. The number of hydrogen-bond donors (Lipinski definition) is 2. The lowest BCUT2D eigenvalue weighted by Crippen LogP contribution is -2.11. The van der Waals surface area contributed by atoms with E-state index in [1.807, 2.05) is 14.0 Å². The Bertz CT molecular complexity index is 244. The predicted molar refractivity (Wildman–Crippen MR) is 42.0 cm³/mol. The Morgan fingerprint density at radius 3 is 2.82 bits per heavy atom. The Kier molecular flexibility index (Phi) is 2.26. The van der Waals surface area contributed by atoms with Gasteiger partial charge in [0, 0.05) is 25.4 Å². The van der Waals surface area contributed by atoms with Crippen LogP contribution in [0.15, 0.2) is 6.20 Å². The topological polar surface area (TPSA) is 64.1 Å². The highest BCUT2D eigenvalue weighted by molar-refractivity contribution is 5.18. The molecule has 0 aliphatic heterocycles. The normalized spacial score (nSPS) is 13.5. The lowest BCUT2D eigenvalue weighted by Gasteiger charge is -2.03. The summed E-state index contributed by atoms with van der Waals surface area (Å²) in [6.45, 7) is 2.10. The van der Waals surface area contributed by atoms with Gasteiger partial charge in [-0.2, -0.15) is 5.10 Å². The minimum absolute atomic E-state index is 0.243. The molecule has 1 aromatic heterocycles. The first-order valence-corrected chi connectivity index (χ1v) is 3.53. The van der Waals surface area contributed by atoms with Gasteiger partial charge in [-0.1, -0.05) is 0 Å². The first-order valence-electron chi connectivity index (χ1n) is 3.53. The highest BCUT2D eigenvalue weighted by Crippen LogP contribution is 2.13. The van der Waals surface area contributed by atoms with Gasteiger partial charge < -0.3 is 10.8 Å². The smallest absolute Gasteiger partial charge is 0.0945 e. The van der Waals surface area contributed by atoms with Crippen molar-refractivity contribution in [1.82, 2.24) is 9.78 Å². The van der Waals surface area contributed by atoms with Crippen molar-refractivity contribution in [1.29, 1.82) is 0 Å². The van der Waals surface area contributed by atoms with E-state index in [4.69, 9.17) is 5.73 Å². The second kappa shape index (κ2) is 3.02. The van der Waals surface area contributed by atoms with E-state index in [0.29, 0.717) is 0 Å². The van der Waals surface area contributed by atoms with E-state index in [2.05, 4.69) is 5.10 Å². The molecule has 3 N–H and O–H groups in total. The fourth-order valence-electron chi connectivity index (χ4n) is 1.07. The number of aryl methyl sites for hydroxylation is 2. The third kappa shape index (κ3) is 1.58. The summed E-state index contributed by atoms with van der Waals surface area (Å²) in [6, 6.07) is 0. The maximum Gasteiger partial charge on any atom is 0.0945 e. The van der Waals surface area contributed by atoms with Gasteiger partial charge in [0.05, 0.1) is 11.8 Å². The van der Waals surface area contributed by atoms with Crippen LogP contribution in [0.3, 0.4) is 0 Å². The quantitative estimate of drug-likeness (QED) is 0.617. The molecule has 4 nitrogen and oxygen atoms in total. The number of nitrogens with zero attached hydrogens (tertiary/aromatic N) is 2. The van der Waals surface area contributed by atoms with Gasteiger partial charge in [-0.05, 0) is 6.92 Å². The molecule has 0 amide bonds. The molecule has 0 aliphatic carbocycles. The van der Waals surface area contributed by atoms with Crippen LogP contribution in [0.1, 0.15) is 17.4 Å². The van der Waals surface area contributed by atoms with Crippen LogP contribution in [0.25, 0.3) is 0 Å². The number of nitrogens with two attached hydrogens (primary N) is 1. The molecule has 1 aromatic rings. The lowest BCUT2D eigenvalue weighted by atomic mass is 10.1. The minimum Gasteiger partial charge on any atom is -0.387 e. The molecule has 62 valence electrons. The monoisotopic (exact) mass is 155 g/mol. The summed E-state index contributed by atoms with van der Waals surface area (Å²) in [4.78, 5) is 0. The van der Waals surface area contributed by atoms with Crippen molar-refractivity contribution in [3.8, 4) is 0 Å². The fraction of sp³-hybridized carbons (Fsp3) is 0.571. The lowest BCUT2D eigenvalue weighted by molar-refractivity contribution is 0.186. The SMILES string of the molecule is Cc1nn(C)cc1[C@H](O)CN. The van der Waals surface area contributed by atoms with Gasteiger partial charge in [0.25, 0.3) is 0 Å². The minimum atomic E-state index is -0.580. The van der Waals surface area contributed by atoms with Crippen LogP contribution in [-0.2, 0) is 7.05 Å². The molecule has 0 saturated carbocycles. The third-order valence-corrected chi connectivity index (χ3v) is 1.63. The molecule has 11 heavy (non-hydrogen) atoms. The summed E-state index contributed by atoms with van der Waals surface area (Å²) in [5.41, 5.74) is 6.95. The van der Waals surface area contributed by atoms with Crippen LogP contribution >= 0.6 is 0 Å². The Morgan fingerprint density at radius 2 is 2.45 bits per heavy atom. The second-order valence-electron chi connectivity index (χ2n) is 2.60.